The number of rotatable bonds is 3. The van der Waals surface area contributed by atoms with Crippen molar-refractivity contribution in [2.24, 2.45) is 5.16 Å². The first kappa shape index (κ1) is 18.9. The molecule has 0 unspecified atom stereocenters. The maximum absolute atomic E-state index is 12.6. The molecule has 0 aliphatic carbocycles. The zero-order valence-corrected chi connectivity index (χ0v) is 16.2. The minimum atomic E-state index is -1.03. The van der Waals surface area contributed by atoms with Gasteiger partial charge >= 0.3 is 5.97 Å². The Morgan fingerprint density at radius 1 is 1.19 bits per heavy atom. The maximum Gasteiger partial charge on any atom is 0.365 e. The summed E-state index contributed by atoms with van der Waals surface area (Å²) in [7, 11) is 0. The average molecular weight is 497 g/mol. The van der Waals surface area contributed by atoms with Crippen molar-refractivity contribution in [3.63, 3.8) is 0 Å². The molecule has 1 amide bonds. The number of nitro groups is 1. The molecule has 0 saturated carbocycles. The summed E-state index contributed by atoms with van der Waals surface area (Å²) in [6.45, 7) is 0. The molecule has 11 heteroatoms. The lowest BCUT2D eigenvalue weighted by atomic mass is 9.98. The first-order chi connectivity index (χ1) is 12.8. The van der Waals surface area contributed by atoms with Crippen LogP contribution in [0.5, 0.6) is 0 Å². The molecule has 136 valence electrons. The van der Waals surface area contributed by atoms with Gasteiger partial charge in [-0.2, -0.15) is 0 Å². The second-order valence-electron chi connectivity index (χ2n) is 5.17. The molecule has 0 radical (unpaired) electrons. The van der Waals surface area contributed by atoms with Crippen LogP contribution >= 0.6 is 31.9 Å². The van der Waals surface area contributed by atoms with Crippen LogP contribution in [-0.2, 0) is 9.63 Å². The minimum absolute atomic E-state index is 0.0244. The fraction of sp³-hybridized carbons (Fsp3) is 0. The highest BCUT2D eigenvalue weighted by Gasteiger charge is 2.39. The summed E-state index contributed by atoms with van der Waals surface area (Å²) in [6, 6.07) is 9.14. The van der Waals surface area contributed by atoms with Gasteiger partial charge in [-0.05, 0) is 50.1 Å². The van der Waals surface area contributed by atoms with Crippen LogP contribution in [0.2, 0.25) is 0 Å². The van der Waals surface area contributed by atoms with Crippen LogP contribution in [0.15, 0.2) is 50.5 Å². The van der Waals surface area contributed by atoms with Gasteiger partial charge in [0.2, 0.25) is 11.5 Å². The molecule has 0 spiro atoms. The third kappa shape index (κ3) is 3.51. The lowest BCUT2D eigenvalue weighted by Crippen LogP contribution is -2.36. The molecule has 0 fully saturated rings. The Balaban J connectivity index is 2.01. The number of oxime groups is 1. The number of carbonyl (C=O) groups is 3. The van der Waals surface area contributed by atoms with Crippen molar-refractivity contribution in [2.75, 3.05) is 5.32 Å². The van der Waals surface area contributed by atoms with Crippen LogP contribution in [-0.4, -0.2) is 28.3 Å². The van der Waals surface area contributed by atoms with Crippen molar-refractivity contribution in [3.8, 4) is 0 Å². The van der Waals surface area contributed by atoms with Gasteiger partial charge in [0, 0.05) is 4.47 Å². The number of benzene rings is 2. The van der Waals surface area contributed by atoms with Gasteiger partial charge in [-0.15, -0.1) is 0 Å². The number of hydrogen-bond acceptors (Lipinski definition) is 7. The van der Waals surface area contributed by atoms with Crippen LogP contribution in [0, 0.1) is 10.1 Å². The van der Waals surface area contributed by atoms with Crippen LogP contribution in [0.4, 0.5) is 11.4 Å². The van der Waals surface area contributed by atoms with Gasteiger partial charge in [-0.1, -0.05) is 23.4 Å². The summed E-state index contributed by atoms with van der Waals surface area (Å²) in [4.78, 5) is 52.0. The molecule has 9 nitrogen and oxygen atoms in total. The normalized spacial score (nSPS) is 14.5. The molecule has 0 atom stereocenters. The molecule has 2 aromatic carbocycles. The van der Waals surface area contributed by atoms with E-state index in [0.29, 0.717) is 0 Å². The Morgan fingerprint density at radius 3 is 2.48 bits per heavy atom. The predicted octanol–water partition coefficient (Wildman–Crippen LogP) is 3.47. The number of nitro benzene ring substituents is 1. The van der Waals surface area contributed by atoms with Crippen molar-refractivity contribution < 1.29 is 24.1 Å². The summed E-state index contributed by atoms with van der Waals surface area (Å²) < 4.78 is 0.299. The number of hydrogen-bond donors (Lipinski definition) is 1. The topological polar surface area (TPSA) is 128 Å². The van der Waals surface area contributed by atoms with Crippen LogP contribution in [0.3, 0.4) is 0 Å². The summed E-state index contributed by atoms with van der Waals surface area (Å²) in [5.41, 5.74) is -1.59. The number of nitrogens with zero attached hydrogens (tertiary/aromatic N) is 2. The SMILES string of the molecule is O=C1Nc2cc(Br)c(Br)c([N+](=O)[O-])c2C(=O)C1=NOC(=O)c1ccccc1. The molecule has 1 aliphatic heterocycles. The lowest BCUT2D eigenvalue weighted by molar-refractivity contribution is -0.385. The van der Waals surface area contributed by atoms with Crippen LogP contribution < -0.4 is 5.32 Å². The fourth-order valence-corrected chi connectivity index (χ4v) is 3.19. The Labute approximate surface area is 167 Å². The van der Waals surface area contributed by atoms with Crippen molar-refractivity contribution in [1.82, 2.24) is 0 Å². The summed E-state index contributed by atoms with van der Waals surface area (Å²) in [5.74, 6) is -2.87. The van der Waals surface area contributed by atoms with Crippen LogP contribution in [0.1, 0.15) is 20.7 Å². The van der Waals surface area contributed by atoms with Gasteiger partial charge in [0.15, 0.2) is 0 Å². The second-order valence-corrected chi connectivity index (χ2v) is 6.82. The molecule has 3 rings (SSSR count). The van der Waals surface area contributed by atoms with E-state index in [2.05, 4.69) is 47.2 Å². The fourth-order valence-electron chi connectivity index (χ4n) is 2.31. The highest BCUT2D eigenvalue weighted by molar-refractivity contribution is 9.13. The number of halogens is 2. The third-order valence-electron chi connectivity index (χ3n) is 3.51. The summed E-state index contributed by atoms with van der Waals surface area (Å²) in [6.07, 6.45) is 0. The first-order valence-electron chi connectivity index (χ1n) is 7.18. The molecule has 1 heterocycles. The highest BCUT2D eigenvalue weighted by atomic mass is 79.9. The van der Waals surface area contributed by atoms with Gasteiger partial charge in [-0.3, -0.25) is 19.7 Å². The Bertz CT molecular complexity index is 1040. The molecule has 0 aromatic heterocycles. The number of ketones is 1. The summed E-state index contributed by atoms with van der Waals surface area (Å²) >= 11 is 6.15. The monoisotopic (exact) mass is 495 g/mol. The number of amides is 1. The predicted molar refractivity (Wildman–Crippen MR) is 101 cm³/mol. The molecule has 1 N–H and O–H groups in total. The Morgan fingerprint density at radius 2 is 1.85 bits per heavy atom. The van der Waals surface area contributed by atoms with E-state index in [1.807, 2.05) is 0 Å². The van der Waals surface area contributed by atoms with E-state index in [1.165, 1.54) is 18.2 Å². The number of anilines is 1. The van der Waals surface area contributed by atoms with Gasteiger partial charge in [0.1, 0.15) is 10.0 Å². The van der Waals surface area contributed by atoms with Crippen molar-refractivity contribution in [2.45, 2.75) is 0 Å². The molecular weight excluding hydrogens is 490 g/mol. The van der Waals surface area contributed by atoms with E-state index in [1.54, 1.807) is 18.2 Å². The molecule has 2 aromatic rings. The number of nitrogens with one attached hydrogen (secondary N) is 1. The number of carbonyl (C=O) groups excluding carboxylic acids is 3. The molecular formula is C16H7Br2N3O6. The lowest BCUT2D eigenvalue weighted by Gasteiger charge is -2.17. The molecule has 0 saturated heterocycles. The molecule has 27 heavy (non-hydrogen) atoms. The van der Waals surface area contributed by atoms with Gasteiger partial charge < -0.3 is 10.2 Å². The van der Waals surface area contributed by atoms with Crippen molar-refractivity contribution in [3.05, 3.63) is 66.6 Å². The van der Waals surface area contributed by atoms with Gasteiger partial charge in [0.25, 0.3) is 11.6 Å². The minimum Gasteiger partial charge on any atom is -0.319 e. The Kier molecular flexibility index (Phi) is 5.15. The zero-order valence-electron chi connectivity index (χ0n) is 13.1. The van der Waals surface area contributed by atoms with Crippen LogP contribution in [0.25, 0.3) is 0 Å². The number of Topliss-reactive ketones (excluding diaryl/α,β-unsaturated/α-hetero) is 1. The highest BCUT2D eigenvalue weighted by Crippen LogP contribution is 2.41. The van der Waals surface area contributed by atoms with E-state index >= 15 is 0 Å². The average Bonchev–Trinajstić information content (AvgIpc) is 2.63. The summed E-state index contributed by atoms with van der Waals surface area (Å²) in [5, 5.41) is 17.1. The van der Waals surface area contributed by atoms with E-state index in [0.717, 1.165) is 0 Å². The van der Waals surface area contributed by atoms with E-state index in [4.69, 9.17) is 0 Å². The van der Waals surface area contributed by atoms with Gasteiger partial charge in [0.05, 0.1) is 16.2 Å². The van der Waals surface area contributed by atoms with E-state index in [-0.39, 0.29) is 25.8 Å². The van der Waals surface area contributed by atoms with E-state index < -0.39 is 34.0 Å². The maximum atomic E-state index is 12.6. The molecule has 0 bridgehead atoms. The smallest absolute Gasteiger partial charge is 0.319 e. The largest absolute Gasteiger partial charge is 0.365 e. The molecule has 1 aliphatic rings. The number of fused-ring (bicyclic) bond motifs is 1. The van der Waals surface area contributed by atoms with Crippen molar-refractivity contribution in [1.29, 1.82) is 0 Å². The third-order valence-corrected chi connectivity index (χ3v) is 5.47. The standard InChI is InChI=1S/C16H7Br2N3O6/c17-8-6-9-10(13(11(8)18)21(25)26)14(22)12(15(23)19-9)20-27-16(24)7-4-2-1-3-5-7/h1-6H,(H,19,23). The first-order valence-corrected chi connectivity index (χ1v) is 8.76. The van der Waals surface area contributed by atoms with Crippen molar-refractivity contribution >= 4 is 66.6 Å². The quantitative estimate of drug-likeness (QED) is 0.393. The van der Waals surface area contributed by atoms with Gasteiger partial charge in [-0.25, -0.2) is 4.79 Å². The zero-order chi connectivity index (χ0) is 19.7. The van der Waals surface area contributed by atoms with E-state index in [9.17, 15) is 24.5 Å². The second kappa shape index (κ2) is 7.37. The Hall–Kier alpha value is -2.92.